The second-order valence-corrected chi connectivity index (χ2v) is 2.95. The van der Waals surface area contributed by atoms with E-state index < -0.39 is 12.3 Å². The normalized spacial score (nSPS) is 20.4. The molecule has 1 rings (SSSR count). The van der Waals surface area contributed by atoms with E-state index in [1.165, 1.54) is 6.92 Å². The minimum atomic E-state index is -0.583. The molecule has 1 saturated heterocycles. The number of ether oxygens (including phenoxy) is 3. The van der Waals surface area contributed by atoms with Crippen molar-refractivity contribution in [1.82, 2.24) is 0 Å². The van der Waals surface area contributed by atoms with E-state index in [4.69, 9.17) is 9.47 Å². The third-order valence-electron chi connectivity index (χ3n) is 1.64. The Labute approximate surface area is 81.6 Å². The molecule has 0 radical (unpaired) electrons. The maximum absolute atomic E-state index is 10.9. The van der Waals surface area contributed by atoms with Crippen LogP contribution in [-0.4, -0.2) is 25.0 Å². The molecular formula is C9H12O5. The molecule has 0 aromatic carbocycles. The number of hydrogen-bond donors (Lipinski definition) is 0. The number of esters is 2. The van der Waals surface area contributed by atoms with Crippen LogP contribution in [-0.2, 0) is 23.8 Å². The Kier molecular flexibility index (Phi) is 3.64. The number of rotatable bonds is 4. The first-order valence-electron chi connectivity index (χ1n) is 4.23. The maximum Gasteiger partial charge on any atom is 0.335 e. The SMILES string of the molecule is C=C(C)C(=O)OCOC1CCC(=O)O1. The van der Waals surface area contributed by atoms with Gasteiger partial charge >= 0.3 is 11.9 Å². The standard InChI is InChI=1S/C9H12O5/c1-6(2)9(11)13-5-12-8-4-3-7(10)14-8/h8H,1,3-5H2,2H3. The van der Waals surface area contributed by atoms with E-state index >= 15 is 0 Å². The molecule has 0 aromatic heterocycles. The zero-order valence-electron chi connectivity index (χ0n) is 7.95. The lowest BCUT2D eigenvalue weighted by molar-refractivity contribution is -0.189. The van der Waals surface area contributed by atoms with Crippen LogP contribution in [0.3, 0.4) is 0 Å². The summed E-state index contributed by atoms with van der Waals surface area (Å²) in [7, 11) is 0. The van der Waals surface area contributed by atoms with Gasteiger partial charge in [0.05, 0.1) is 6.42 Å². The summed E-state index contributed by atoms with van der Waals surface area (Å²) >= 11 is 0. The van der Waals surface area contributed by atoms with E-state index in [0.717, 1.165) is 0 Å². The van der Waals surface area contributed by atoms with Crippen LogP contribution in [0.25, 0.3) is 0 Å². The molecule has 0 saturated carbocycles. The van der Waals surface area contributed by atoms with Gasteiger partial charge in [-0.25, -0.2) is 4.79 Å². The Hall–Kier alpha value is -1.36. The fraction of sp³-hybridized carbons (Fsp3) is 0.556. The number of carbonyl (C=O) groups is 2. The van der Waals surface area contributed by atoms with Gasteiger partial charge < -0.3 is 14.2 Å². The second-order valence-electron chi connectivity index (χ2n) is 2.95. The topological polar surface area (TPSA) is 61.8 Å². The molecule has 0 amide bonds. The Bertz CT molecular complexity index is 258. The van der Waals surface area contributed by atoms with E-state index in [1.54, 1.807) is 0 Å². The van der Waals surface area contributed by atoms with Crippen LogP contribution < -0.4 is 0 Å². The first-order valence-corrected chi connectivity index (χ1v) is 4.23. The van der Waals surface area contributed by atoms with Crippen LogP contribution >= 0.6 is 0 Å². The van der Waals surface area contributed by atoms with Gasteiger partial charge in [0, 0.05) is 12.0 Å². The van der Waals surface area contributed by atoms with Gasteiger partial charge in [0.25, 0.3) is 0 Å². The molecule has 0 aliphatic carbocycles. The predicted molar refractivity (Wildman–Crippen MR) is 46.0 cm³/mol. The first-order chi connectivity index (χ1) is 6.59. The van der Waals surface area contributed by atoms with Crippen molar-refractivity contribution in [2.75, 3.05) is 6.79 Å². The summed E-state index contributed by atoms with van der Waals surface area (Å²) in [6.45, 7) is 4.72. The van der Waals surface area contributed by atoms with Crippen LogP contribution in [0.5, 0.6) is 0 Å². The predicted octanol–water partition coefficient (Wildman–Crippen LogP) is 0.743. The van der Waals surface area contributed by atoms with Gasteiger partial charge in [0.2, 0.25) is 6.29 Å². The summed E-state index contributed by atoms with van der Waals surface area (Å²) in [6.07, 6.45) is 0.267. The van der Waals surface area contributed by atoms with E-state index in [1.807, 2.05) is 0 Å². The first kappa shape index (κ1) is 10.7. The highest BCUT2D eigenvalue weighted by Crippen LogP contribution is 2.14. The van der Waals surface area contributed by atoms with Crippen molar-refractivity contribution in [3.63, 3.8) is 0 Å². The average Bonchev–Trinajstić information content (AvgIpc) is 2.51. The van der Waals surface area contributed by atoms with Crippen LogP contribution in [0.1, 0.15) is 19.8 Å². The zero-order valence-corrected chi connectivity index (χ0v) is 7.95. The van der Waals surface area contributed by atoms with E-state index in [-0.39, 0.29) is 12.8 Å². The third-order valence-corrected chi connectivity index (χ3v) is 1.64. The summed E-state index contributed by atoms with van der Waals surface area (Å²) in [6, 6.07) is 0. The van der Waals surface area contributed by atoms with Crippen LogP contribution in [0.4, 0.5) is 0 Å². The molecule has 1 aliphatic heterocycles. The fourth-order valence-electron chi connectivity index (χ4n) is 0.904. The molecule has 1 aliphatic rings. The average molecular weight is 200 g/mol. The Balaban J connectivity index is 2.13. The molecule has 5 nitrogen and oxygen atoms in total. The lowest BCUT2D eigenvalue weighted by atomic mass is 10.3. The lowest BCUT2D eigenvalue weighted by Gasteiger charge is -2.10. The van der Waals surface area contributed by atoms with Gasteiger partial charge in [0.15, 0.2) is 6.79 Å². The molecule has 0 bridgehead atoms. The molecule has 14 heavy (non-hydrogen) atoms. The van der Waals surface area contributed by atoms with Crippen molar-refractivity contribution in [2.24, 2.45) is 0 Å². The van der Waals surface area contributed by atoms with Gasteiger partial charge in [-0.05, 0) is 6.92 Å². The van der Waals surface area contributed by atoms with Gasteiger partial charge in [0.1, 0.15) is 0 Å². The number of carbonyl (C=O) groups excluding carboxylic acids is 2. The Morgan fingerprint density at radius 2 is 2.43 bits per heavy atom. The highest BCUT2D eigenvalue weighted by molar-refractivity contribution is 5.86. The molecule has 1 unspecified atom stereocenters. The quantitative estimate of drug-likeness (QED) is 0.380. The minimum Gasteiger partial charge on any atom is -0.436 e. The molecule has 1 heterocycles. The van der Waals surface area contributed by atoms with Gasteiger partial charge in [-0.15, -0.1) is 0 Å². The van der Waals surface area contributed by atoms with Crippen molar-refractivity contribution in [3.05, 3.63) is 12.2 Å². The van der Waals surface area contributed by atoms with Crippen LogP contribution in [0, 0.1) is 0 Å². The maximum atomic E-state index is 10.9. The van der Waals surface area contributed by atoms with Crippen LogP contribution in [0.15, 0.2) is 12.2 Å². The molecule has 1 fully saturated rings. The molecule has 0 spiro atoms. The molecule has 0 aromatic rings. The number of hydrogen-bond acceptors (Lipinski definition) is 5. The molecule has 0 N–H and O–H groups in total. The Morgan fingerprint density at radius 3 is 2.93 bits per heavy atom. The lowest BCUT2D eigenvalue weighted by Crippen LogP contribution is -2.16. The Morgan fingerprint density at radius 1 is 1.71 bits per heavy atom. The van der Waals surface area contributed by atoms with E-state index in [0.29, 0.717) is 18.4 Å². The second kappa shape index (κ2) is 4.76. The van der Waals surface area contributed by atoms with E-state index in [9.17, 15) is 9.59 Å². The van der Waals surface area contributed by atoms with Crippen molar-refractivity contribution >= 4 is 11.9 Å². The minimum absolute atomic E-state index is 0.219. The molecule has 1 atom stereocenters. The van der Waals surface area contributed by atoms with Crippen molar-refractivity contribution in [3.8, 4) is 0 Å². The number of cyclic esters (lactones) is 1. The third kappa shape index (κ3) is 3.18. The largest absolute Gasteiger partial charge is 0.436 e. The highest BCUT2D eigenvalue weighted by atomic mass is 16.8. The van der Waals surface area contributed by atoms with Gasteiger partial charge in [-0.1, -0.05) is 6.58 Å². The summed E-state index contributed by atoms with van der Waals surface area (Å²) in [4.78, 5) is 21.5. The van der Waals surface area contributed by atoms with E-state index in [2.05, 4.69) is 11.3 Å². The molecule has 78 valence electrons. The zero-order chi connectivity index (χ0) is 10.6. The fourth-order valence-corrected chi connectivity index (χ4v) is 0.904. The summed E-state index contributed by atoms with van der Waals surface area (Å²) in [5, 5.41) is 0. The van der Waals surface area contributed by atoms with Crippen molar-refractivity contribution < 1.29 is 23.8 Å². The summed E-state index contributed by atoms with van der Waals surface area (Å²) < 4.78 is 14.3. The smallest absolute Gasteiger partial charge is 0.335 e. The van der Waals surface area contributed by atoms with Crippen LogP contribution in [0.2, 0.25) is 0 Å². The van der Waals surface area contributed by atoms with Crippen molar-refractivity contribution in [2.45, 2.75) is 26.1 Å². The van der Waals surface area contributed by atoms with Crippen molar-refractivity contribution in [1.29, 1.82) is 0 Å². The summed E-state index contributed by atoms with van der Waals surface area (Å²) in [5.74, 6) is -0.810. The summed E-state index contributed by atoms with van der Waals surface area (Å²) in [5.41, 5.74) is 0.303. The highest BCUT2D eigenvalue weighted by Gasteiger charge is 2.23. The molecule has 5 heteroatoms. The van der Waals surface area contributed by atoms with Gasteiger partial charge in [-0.2, -0.15) is 0 Å². The van der Waals surface area contributed by atoms with Gasteiger partial charge in [-0.3, -0.25) is 4.79 Å². The monoisotopic (exact) mass is 200 g/mol. The molecular weight excluding hydrogens is 188 g/mol.